The lowest BCUT2D eigenvalue weighted by Crippen LogP contribution is -2.13. The highest BCUT2D eigenvalue weighted by Gasteiger charge is 2.12. The second-order valence-corrected chi connectivity index (χ2v) is 4.41. The Morgan fingerprint density at radius 2 is 2.12 bits per heavy atom. The molecule has 3 nitrogen and oxygen atoms in total. The zero-order valence-electron chi connectivity index (χ0n) is 9.60. The third-order valence-electron chi connectivity index (χ3n) is 2.88. The van der Waals surface area contributed by atoms with Crippen LogP contribution < -0.4 is 5.43 Å². The van der Waals surface area contributed by atoms with Gasteiger partial charge in [0.05, 0.1) is 28.4 Å². The summed E-state index contributed by atoms with van der Waals surface area (Å²) >= 11 is 6.06. The first-order valence-electron chi connectivity index (χ1n) is 5.23. The number of pyridine rings is 1. The number of H-pyrrole nitrogens is 1. The van der Waals surface area contributed by atoms with Crippen molar-refractivity contribution >= 4 is 22.5 Å². The number of aromatic amines is 1. The van der Waals surface area contributed by atoms with Gasteiger partial charge in [0, 0.05) is 11.3 Å². The van der Waals surface area contributed by atoms with E-state index in [1.807, 2.05) is 19.1 Å². The molecule has 17 heavy (non-hydrogen) atoms. The van der Waals surface area contributed by atoms with Crippen molar-refractivity contribution in [2.45, 2.75) is 20.3 Å². The molecule has 1 aromatic carbocycles. The zero-order chi connectivity index (χ0) is 12.6. The SMILES string of the molecule is Cc1[nH]c2c(C)ccc(Cl)c2c(=O)c1CC#N. The predicted molar refractivity (Wildman–Crippen MR) is 68.4 cm³/mol. The highest BCUT2D eigenvalue weighted by molar-refractivity contribution is 6.35. The summed E-state index contributed by atoms with van der Waals surface area (Å²) in [5.41, 5.74) is 2.79. The normalized spacial score (nSPS) is 10.5. The van der Waals surface area contributed by atoms with Crippen LogP contribution >= 0.6 is 11.6 Å². The van der Waals surface area contributed by atoms with Crippen LogP contribution in [0.25, 0.3) is 10.9 Å². The number of aromatic nitrogens is 1. The summed E-state index contributed by atoms with van der Waals surface area (Å²) in [6.07, 6.45) is 0.0986. The average Bonchev–Trinajstić information content (AvgIpc) is 2.29. The molecule has 2 aromatic rings. The fourth-order valence-electron chi connectivity index (χ4n) is 1.94. The van der Waals surface area contributed by atoms with E-state index in [1.165, 1.54) is 0 Å². The average molecular weight is 247 g/mol. The number of benzene rings is 1. The number of hydrogen-bond acceptors (Lipinski definition) is 2. The minimum atomic E-state index is -0.147. The van der Waals surface area contributed by atoms with Gasteiger partial charge in [-0.3, -0.25) is 4.79 Å². The minimum absolute atomic E-state index is 0.0986. The Bertz CT molecular complexity index is 695. The van der Waals surface area contributed by atoms with Gasteiger partial charge in [0.15, 0.2) is 5.43 Å². The summed E-state index contributed by atoms with van der Waals surface area (Å²) in [5.74, 6) is 0. The minimum Gasteiger partial charge on any atom is -0.358 e. The van der Waals surface area contributed by atoms with E-state index in [1.54, 1.807) is 13.0 Å². The molecule has 86 valence electrons. The number of hydrogen-bond donors (Lipinski definition) is 1. The van der Waals surface area contributed by atoms with Crippen molar-refractivity contribution in [1.29, 1.82) is 5.26 Å². The number of rotatable bonds is 1. The molecular formula is C13H11ClN2O. The second-order valence-electron chi connectivity index (χ2n) is 4.01. The van der Waals surface area contributed by atoms with Gasteiger partial charge in [-0.2, -0.15) is 5.26 Å². The molecule has 0 saturated heterocycles. The predicted octanol–water partition coefficient (Wildman–Crippen LogP) is 2.86. The number of fused-ring (bicyclic) bond motifs is 1. The summed E-state index contributed by atoms with van der Waals surface area (Å²) in [7, 11) is 0. The molecule has 0 saturated carbocycles. The van der Waals surface area contributed by atoms with Crippen LogP contribution in [-0.4, -0.2) is 4.98 Å². The smallest absolute Gasteiger partial charge is 0.195 e. The Hall–Kier alpha value is -1.79. The Labute approximate surface area is 104 Å². The lowest BCUT2D eigenvalue weighted by atomic mass is 10.0. The van der Waals surface area contributed by atoms with Crippen LogP contribution in [0.15, 0.2) is 16.9 Å². The van der Waals surface area contributed by atoms with Crippen LogP contribution in [0.5, 0.6) is 0 Å². The molecule has 0 atom stereocenters. The number of nitrogens with one attached hydrogen (secondary N) is 1. The molecule has 0 bridgehead atoms. The van der Waals surface area contributed by atoms with Crippen LogP contribution in [0.3, 0.4) is 0 Å². The maximum atomic E-state index is 12.3. The van der Waals surface area contributed by atoms with Crippen molar-refractivity contribution in [2.75, 3.05) is 0 Å². The molecule has 2 rings (SSSR count). The molecule has 0 fully saturated rings. The summed E-state index contributed by atoms with van der Waals surface area (Å²) in [6, 6.07) is 5.57. The second kappa shape index (κ2) is 4.23. The van der Waals surface area contributed by atoms with Crippen LogP contribution in [0.4, 0.5) is 0 Å². The summed E-state index contributed by atoms with van der Waals surface area (Å²) in [6.45, 7) is 3.71. The first-order valence-corrected chi connectivity index (χ1v) is 5.61. The number of nitriles is 1. The van der Waals surface area contributed by atoms with Gasteiger partial charge in [0.25, 0.3) is 0 Å². The van der Waals surface area contributed by atoms with Crippen molar-refractivity contribution in [3.8, 4) is 6.07 Å². The van der Waals surface area contributed by atoms with Crippen LogP contribution in [0, 0.1) is 25.2 Å². The van der Waals surface area contributed by atoms with Gasteiger partial charge in [-0.05, 0) is 25.5 Å². The topological polar surface area (TPSA) is 56.6 Å². The third-order valence-corrected chi connectivity index (χ3v) is 3.20. The van der Waals surface area contributed by atoms with Crippen LogP contribution in [0.2, 0.25) is 5.02 Å². The number of nitrogens with zero attached hydrogens (tertiary/aromatic N) is 1. The van der Waals surface area contributed by atoms with E-state index in [0.29, 0.717) is 16.0 Å². The first kappa shape index (κ1) is 11.7. The molecule has 0 radical (unpaired) electrons. The monoisotopic (exact) mass is 246 g/mol. The largest absolute Gasteiger partial charge is 0.358 e. The standard InChI is InChI=1S/C13H11ClN2O/c1-7-3-4-10(14)11-12(7)16-8(2)9(5-6-15)13(11)17/h3-4H,5H2,1-2H3,(H,16,17). The Morgan fingerprint density at radius 1 is 1.41 bits per heavy atom. The maximum Gasteiger partial charge on any atom is 0.195 e. The fraction of sp³-hybridized carbons (Fsp3) is 0.231. The molecule has 0 aliphatic heterocycles. The quantitative estimate of drug-likeness (QED) is 0.841. The van der Waals surface area contributed by atoms with E-state index in [-0.39, 0.29) is 11.8 Å². The van der Waals surface area contributed by atoms with Crippen LogP contribution in [-0.2, 0) is 6.42 Å². The van der Waals surface area contributed by atoms with Gasteiger partial charge in [0.2, 0.25) is 0 Å². The first-order chi connectivity index (χ1) is 8.06. The Balaban J connectivity index is 2.98. The van der Waals surface area contributed by atoms with E-state index in [9.17, 15) is 4.79 Å². The fourth-order valence-corrected chi connectivity index (χ4v) is 2.18. The highest BCUT2D eigenvalue weighted by atomic mass is 35.5. The Kier molecular flexibility index (Phi) is 2.91. The molecule has 1 aromatic heterocycles. The van der Waals surface area contributed by atoms with Gasteiger partial charge in [0.1, 0.15) is 0 Å². The lowest BCUT2D eigenvalue weighted by Gasteiger charge is -2.08. The van der Waals surface area contributed by atoms with Crippen molar-refractivity contribution in [3.05, 3.63) is 44.2 Å². The van der Waals surface area contributed by atoms with Crippen molar-refractivity contribution in [2.24, 2.45) is 0 Å². The summed E-state index contributed by atoms with van der Waals surface area (Å²) in [5, 5.41) is 9.63. The zero-order valence-corrected chi connectivity index (χ0v) is 10.4. The molecule has 4 heteroatoms. The molecule has 1 N–H and O–H groups in total. The van der Waals surface area contributed by atoms with E-state index in [2.05, 4.69) is 4.98 Å². The van der Waals surface area contributed by atoms with Crippen molar-refractivity contribution in [3.63, 3.8) is 0 Å². The number of aryl methyl sites for hydroxylation is 2. The van der Waals surface area contributed by atoms with E-state index in [0.717, 1.165) is 16.8 Å². The van der Waals surface area contributed by atoms with E-state index < -0.39 is 0 Å². The maximum absolute atomic E-state index is 12.3. The highest BCUT2D eigenvalue weighted by Crippen LogP contribution is 2.23. The van der Waals surface area contributed by atoms with Crippen molar-refractivity contribution < 1.29 is 0 Å². The van der Waals surface area contributed by atoms with E-state index in [4.69, 9.17) is 16.9 Å². The van der Waals surface area contributed by atoms with Gasteiger partial charge < -0.3 is 4.98 Å². The summed E-state index contributed by atoms with van der Waals surface area (Å²) < 4.78 is 0. The number of halogens is 1. The Morgan fingerprint density at radius 3 is 2.76 bits per heavy atom. The lowest BCUT2D eigenvalue weighted by molar-refractivity contribution is 1.11. The van der Waals surface area contributed by atoms with E-state index >= 15 is 0 Å². The molecule has 0 unspecified atom stereocenters. The van der Waals surface area contributed by atoms with Gasteiger partial charge in [-0.25, -0.2) is 0 Å². The van der Waals surface area contributed by atoms with Gasteiger partial charge >= 0.3 is 0 Å². The van der Waals surface area contributed by atoms with Gasteiger partial charge in [-0.15, -0.1) is 0 Å². The molecule has 0 aliphatic rings. The molecule has 1 heterocycles. The molecule has 0 aliphatic carbocycles. The van der Waals surface area contributed by atoms with Gasteiger partial charge in [-0.1, -0.05) is 17.7 Å². The summed E-state index contributed by atoms with van der Waals surface area (Å²) in [4.78, 5) is 15.4. The van der Waals surface area contributed by atoms with Crippen LogP contribution in [0.1, 0.15) is 16.8 Å². The molecule has 0 amide bonds. The third kappa shape index (κ3) is 1.81. The molecular weight excluding hydrogens is 236 g/mol. The van der Waals surface area contributed by atoms with Crippen molar-refractivity contribution in [1.82, 2.24) is 4.98 Å². The molecule has 0 spiro atoms.